The zero-order valence-electron chi connectivity index (χ0n) is 13.4. The largest absolute Gasteiger partial charge is 0.493 e. The van der Waals surface area contributed by atoms with E-state index in [2.05, 4.69) is 44.0 Å². The van der Waals surface area contributed by atoms with Crippen molar-refractivity contribution in [1.29, 1.82) is 0 Å². The van der Waals surface area contributed by atoms with Gasteiger partial charge in [-0.2, -0.15) is 0 Å². The normalized spacial score (nSPS) is 29.0. The van der Waals surface area contributed by atoms with Crippen molar-refractivity contribution in [3.05, 3.63) is 30.4 Å². The summed E-state index contributed by atoms with van der Waals surface area (Å²) in [5.41, 5.74) is 2.76. The second kappa shape index (κ2) is 4.97. The van der Waals surface area contributed by atoms with Crippen molar-refractivity contribution in [2.75, 3.05) is 19.5 Å². The molecule has 0 amide bonds. The molecule has 2 aliphatic rings. The second-order valence-corrected chi connectivity index (χ2v) is 6.87. The van der Waals surface area contributed by atoms with Gasteiger partial charge in [-0.25, -0.2) is 0 Å². The molecule has 1 aromatic carbocycles. The Morgan fingerprint density at radius 3 is 2.52 bits per heavy atom. The third-order valence-electron chi connectivity index (χ3n) is 5.33. The zero-order valence-corrected chi connectivity index (χ0v) is 13.4. The number of nitrogens with one attached hydrogen (secondary N) is 1. The smallest absolute Gasteiger partial charge is 0.162 e. The van der Waals surface area contributed by atoms with Crippen LogP contribution in [0.5, 0.6) is 11.5 Å². The third kappa shape index (κ3) is 2.10. The topological polar surface area (TPSA) is 30.5 Å². The number of anilines is 1. The number of ether oxygens (including phenoxy) is 2. The van der Waals surface area contributed by atoms with E-state index in [0.29, 0.717) is 23.3 Å². The molecule has 1 N–H and O–H groups in total. The van der Waals surface area contributed by atoms with Crippen LogP contribution in [0.25, 0.3) is 0 Å². The maximum Gasteiger partial charge on any atom is 0.162 e. The molecule has 1 aromatic rings. The van der Waals surface area contributed by atoms with Gasteiger partial charge in [-0.3, -0.25) is 0 Å². The highest BCUT2D eigenvalue weighted by molar-refractivity contribution is 5.65. The Labute approximate surface area is 127 Å². The third-order valence-corrected chi connectivity index (χ3v) is 5.33. The van der Waals surface area contributed by atoms with E-state index in [1.807, 2.05) is 0 Å². The molecule has 3 atom stereocenters. The number of fused-ring (bicyclic) bond motifs is 2. The standard InChI is InChI=1S/C18H25NO2/c1-6-11-12-7-8-18(2,3)17(12)19-14-10-16(21-5)15(20-4)9-13(11)14/h6,9-12,17,19H,1,7-8H2,2-5H3/t11-,12-,17-/m1/s1. The summed E-state index contributed by atoms with van der Waals surface area (Å²) in [5.74, 6) is 2.57. The maximum atomic E-state index is 5.46. The molecule has 3 nitrogen and oxygen atoms in total. The molecule has 0 radical (unpaired) electrons. The quantitative estimate of drug-likeness (QED) is 0.845. The van der Waals surface area contributed by atoms with E-state index in [9.17, 15) is 0 Å². The molecule has 0 saturated heterocycles. The summed E-state index contributed by atoms with van der Waals surface area (Å²) < 4.78 is 10.9. The summed E-state index contributed by atoms with van der Waals surface area (Å²) in [6, 6.07) is 4.66. The van der Waals surface area contributed by atoms with Crippen LogP contribution in [-0.4, -0.2) is 20.3 Å². The van der Waals surface area contributed by atoms with Crippen LogP contribution in [0.4, 0.5) is 5.69 Å². The molecular weight excluding hydrogens is 262 g/mol. The van der Waals surface area contributed by atoms with Gasteiger partial charge in [0.2, 0.25) is 0 Å². The Morgan fingerprint density at radius 1 is 1.24 bits per heavy atom. The summed E-state index contributed by atoms with van der Waals surface area (Å²) in [7, 11) is 3.37. The Balaban J connectivity index is 2.10. The Kier molecular flexibility index (Phi) is 3.39. The zero-order chi connectivity index (χ0) is 15.2. The molecule has 1 fully saturated rings. The van der Waals surface area contributed by atoms with Crippen molar-refractivity contribution in [1.82, 2.24) is 0 Å². The average Bonchev–Trinajstić information content (AvgIpc) is 2.78. The molecular formula is C18H25NO2. The molecule has 3 rings (SSSR count). The van der Waals surface area contributed by atoms with Crippen molar-refractivity contribution in [3.8, 4) is 11.5 Å². The van der Waals surface area contributed by atoms with Gasteiger partial charge in [-0.1, -0.05) is 19.9 Å². The van der Waals surface area contributed by atoms with Crippen LogP contribution in [0, 0.1) is 11.3 Å². The van der Waals surface area contributed by atoms with E-state index in [1.165, 1.54) is 18.4 Å². The fourth-order valence-corrected chi connectivity index (χ4v) is 4.13. The molecule has 21 heavy (non-hydrogen) atoms. The Morgan fingerprint density at radius 2 is 1.90 bits per heavy atom. The number of benzene rings is 1. The van der Waals surface area contributed by atoms with Gasteiger partial charge in [0.05, 0.1) is 14.2 Å². The van der Waals surface area contributed by atoms with E-state index in [4.69, 9.17) is 9.47 Å². The lowest BCUT2D eigenvalue weighted by Gasteiger charge is -2.41. The molecule has 0 unspecified atom stereocenters. The monoisotopic (exact) mass is 287 g/mol. The van der Waals surface area contributed by atoms with Crippen molar-refractivity contribution >= 4 is 5.69 Å². The number of rotatable bonds is 3. The molecule has 0 aromatic heterocycles. The predicted molar refractivity (Wildman–Crippen MR) is 86.4 cm³/mol. The van der Waals surface area contributed by atoms with E-state index >= 15 is 0 Å². The van der Waals surface area contributed by atoms with Crippen LogP contribution in [0.2, 0.25) is 0 Å². The van der Waals surface area contributed by atoms with E-state index in [0.717, 1.165) is 17.2 Å². The highest BCUT2D eigenvalue weighted by atomic mass is 16.5. The van der Waals surface area contributed by atoms with Gasteiger partial charge in [-0.05, 0) is 35.8 Å². The van der Waals surface area contributed by atoms with E-state index in [1.54, 1.807) is 14.2 Å². The van der Waals surface area contributed by atoms with Crippen LogP contribution in [0.15, 0.2) is 24.8 Å². The first-order valence-electron chi connectivity index (χ1n) is 7.67. The van der Waals surface area contributed by atoms with Crippen LogP contribution < -0.4 is 14.8 Å². The van der Waals surface area contributed by atoms with Crippen molar-refractivity contribution in [2.24, 2.45) is 11.3 Å². The number of methoxy groups -OCH3 is 2. The minimum Gasteiger partial charge on any atom is -0.493 e. The molecule has 1 aliphatic heterocycles. The van der Waals surface area contributed by atoms with Gasteiger partial charge in [-0.15, -0.1) is 6.58 Å². The first-order chi connectivity index (χ1) is 10.0. The first-order valence-corrected chi connectivity index (χ1v) is 7.67. The minimum absolute atomic E-state index is 0.316. The molecule has 1 heterocycles. The SMILES string of the molecule is C=C[C@H]1c2cc(OC)c(OC)cc2N[C@@H]2[C@@H]1CCC2(C)C. The van der Waals surface area contributed by atoms with Crippen LogP contribution in [-0.2, 0) is 0 Å². The van der Waals surface area contributed by atoms with Crippen LogP contribution in [0.1, 0.15) is 38.2 Å². The highest BCUT2D eigenvalue weighted by Gasteiger charge is 2.48. The molecule has 0 bridgehead atoms. The van der Waals surface area contributed by atoms with Gasteiger partial charge in [0.15, 0.2) is 11.5 Å². The van der Waals surface area contributed by atoms with Crippen molar-refractivity contribution in [2.45, 2.75) is 38.6 Å². The summed E-state index contributed by atoms with van der Waals surface area (Å²) in [4.78, 5) is 0. The first kappa shape index (κ1) is 14.3. The summed E-state index contributed by atoms with van der Waals surface area (Å²) in [5, 5.41) is 3.76. The minimum atomic E-state index is 0.316. The fourth-order valence-electron chi connectivity index (χ4n) is 4.13. The second-order valence-electron chi connectivity index (χ2n) is 6.87. The lowest BCUT2D eigenvalue weighted by molar-refractivity contribution is 0.302. The maximum absolute atomic E-state index is 5.46. The molecule has 0 spiro atoms. The van der Waals surface area contributed by atoms with Gasteiger partial charge in [0, 0.05) is 23.7 Å². The van der Waals surface area contributed by atoms with E-state index < -0.39 is 0 Å². The van der Waals surface area contributed by atoms with Gasteiger partial charge < -0.3 is 14.8 Å². The summed E-state index contributed by atoms with van der Waals surface area (Å²) in [6.07, 6.45) is 4.60. The van der Waals surface area contributed by atoms with Crippen molar-refractivity contribution < 1.29 is 9.47 Å². The Hall–Kier alpha value is -1.64. The Bertz CT molecular complexity index is 565. The average molecular weight is 287 g/mol. The van der Waals surface area contributed by atoms with Crippen LogP contribution >= 0.6 is 0 Å². The fraction of sp³-hybridized carbons (Fsp3) is 0.556. The van der Waals surface area contributed by atoms with E-state index in [-0.39, 0.29) is 0 Å². The van der Waals surface area contributed by atoms with Crippen LogP contribution in [0.3, 0.4) is 0 Å². The lowest BCUT2D eigenvalue weighted by atomic mass is 9.74. The molecule has 114 valence electrons. The summed E-state index contributed by atoms with van der Waals surface area (Å²) >= 11 is 0. The lowest BCUT2D eigenvalue weighted by Crippen LogP contribution is -2.41. The molecule has 3 heteroatoms. The van der Waals surface area contributed by atoms with Crippen molar-refractivity contribution in [3.63, 3.8) is 0 Å². The summed E-state index contributed by atoms with van der Waals surface area (Å²) in [6.45, 7) is 8.81. The number of hydrogen-bond acceptors (Lipinski definition) is 3. The number of allylic oxidation sites excluding steroid dienone is 1. The molecule has 1 aliphatic carbocycles. The van der Waals surface area contributed by atoms with Gasteiger partial charge in [0.25, 0.3) is 0 Å². The number of hydrogen-bond donors (Lipinski definition) is 1. The van der Waals surface area contributed by atoms with Gasteiger partial charge >= 0.3 is 0 Å². The molecule has 1 saturated carbocycles. The van der Waals surface area contributed by atoms with Gasteiger partial charge in [0.1, 0.15) is 0 Å². The highest BCUT2D eigenvalue weighted by Crippen LogP contribution is 2.54. The predicted octanol–water partition coefficient (Wildman–Crippen LogP) is 4.20.